The van der Waals surface area contributed by atoms with Crippen molar-refractivity contribution in [2.24, 2.45) is 5.73 Å². The fourth-order valence-corrected chi connectivity index (χ4v) is 1.99. The van der Waals surface area contributed by atoms with Crippen molar-refractivity contribution in [2.45, 2.75) is 19.9 Å². The normalized spacial score (nSPS) is 10.7. The van der Waals surface area contributed by atoms with Crippen molar-refractivity contribution in [2.75, 3.05) is 19.8 Å². The number of primary amides is 1. The summed E-state index contributed by atoms with van der Waals surface area (Å²) < 4.78 is 7.70. The van der Waals surface area contributed by atoms with Crippen LogP contribution in [0.5, 0.6) is 0 Å². The van der Waals surface area contributed by atoms with Crippen LogP contribution in [0.4, 0.5) is 0 Å². The molecule has 2 amide bonds. The molecular formula is C12H18BrN3O3. The van der Waals surface area contributed by atoms with Crippen LogP contribution in [0.25, 0.3) is 0 Å². The Morgan fingerprint density at radius 1 is 1.53 bits per heavy atom. The summed E-state index contributed by atoms with van der Waals surface area (Å²) in [6.07, 6.45) is 1.86. The van der Waals surface area contributed by atoms with Crippen LogP contribution in [0.1, 0.15) is 30.4 Å². The second-order valence-corrected chi connectivity index (χ2v) is 5.24. The van der Waals surface area contributed by atoms with Gasteiger partial charge in [-0.05, 0) is 35.8 Å². The second-order valence-electron chi connectivity index (χ2n) is 4.32. The molecule has 0 aromatic carbocycles. The summed E-state index contributed by atoms with van der Waals surface area (Å²) in [5.74, 6) is -0.703. The number of halogens is 1. The smallest absolute Gasteiger partial charge is 0.268 e. The Bertz CT molecular complexity index is 457. The standard InChI is InChI=1S/C12H18BrN3O3/c1-8(2)16-6-9(13)5-10(16)12(18)15-3-4-19-7-11(14)17/h5-6,8H,3-4,7H2,1-2H3,(H2,14,17)(H,15,18). The number of hydrogen-bond acceptors (Lipinski definition) is 3. The highest BCUT2D eigenvalue weighted by atomic mass is 79.9. The molecule has 1 aromatic heterocycles. The van der Waals surface area contributed by atoms with E-state index in [4.69, 9.17) is 10.5 Å². The molecule has 0 spiro atoms. The van der Waals surface area contributed by atoms with E-state index >= 15 is 0 Å². The molecule has 7 heteroatoms. The van der Waals surface area contributed by atoms with E-state index in [1.54, 1.807) is 6.07 Å². The Morgan fingerprint density at radius 2 is 2.21 bits per heavy atom. The van der Waals surface area contributed by atoms with E-state index < -0.39 is 5.91 Å². The lowest BCUT2D eigenvalue weighted by molar-refractivity contribution is -0.122. The topological polar surface area (TPSA) is 86.3 Å². The monoisotopic (exact) mass is 331 g/mol. The lowest BCUT2D eigenvalue weighted by atomic mass is 10.3. The largest absolute Gasteiger partial charge is 0.370 e. The molecule has 1 rings (SSSR count). The van der Waals surface area contributed by atoms with Crippen molar-refractivity contribution in [3.05, 3.63) is 22.4 Å². The quantitative estimate of drug-likeness (QED) is 0.732. The summed E-state index contributed by atoms with van der Waals surface area (Å²) in [5, 5.41) is 2.72. The Hall–Kier alpha value is -1.34. The predicted octanol–water partition coefficient (Wildman–Crippen LogP) is 1.06. The third kappa shape index (κ3) is 5.04. The van der Waals surface area contributed by atoms with Crippen LogP contribution in [0.2, 0.25) is 0 Å². The number of nitrogens with one attached hydrogen (secondary N) is 1. The zero-order chi connectivity index (χ0) is 14.4. The number of nitrogens with two attached hydrogens (primary N) is 1. The van der Waals surface area contributed by atoms with Gasteiger partial charge in [0.1, 0.15) is 12.3 Å². The molecule has 0 unspecified atom stereocenters. The van der Waals surface area contributed by atoms with Crippen molar-refractivity contribution in [1.82, 2.24) is 9.88 Å². The van der Waals surface area contributed by atoms with Gasteiger partial charge in [-0.3, -0.25) is 9.59 Å². The third-order valence-electron chi connectivity index (χ3n) is 2.38. The van der Waals surface area contributed by atoms with Crippen LogP contribution < -0.4 is 11.1 Å². The Kier molecular flexibility index (Phi) is 6.04. The zero-order valence-electron chi connectivity index (χ0n) is 11.0. The summed E-state index contributed by atoms with van der Waals surface area (Å²) in [6, 6.07) is 1.96. The molecule has 6 nitrogen and oxygen atoms in total. The third-order valence-corrected chi connectivity index (χ3v) is 2.81. The SMILES string of the molecule is CC(C)n1cc(Br)cc1C(=O)NCCOCC(N)=O. The van der Waals surface area contributed by atoms with E-state index in [0.717, 1.165) is 4.47 Å². The fourth-order valence-electron chi connectivity index (χ4n) is 1.55. The van der Waals surface area contributed by atoms with Crippen molar-refractivity contribution < 1.29 is 14.3 Å². The summed E-state index contributed by atoms with van der Waals surface area (Å²) in [7, 11) is 0. The lowest BCUT2D eigenvalue weighted by Gasteiger charge is -2.12. The first-order valence-corrected chi connectivity index (χ1v) is 6.72. The number of aromatic nitrogens is 1. The van der Waals surface area contributed by atoms with Crippen molar-refractivity contribution in [3.8, 4) is 0 Å². The molecule has 1 heterocycles. The minimum Gasteiger partial charge on any atom is -0.370 e. The van der Waals surface area contributed by atoms with Crippen LogP contribution in [0.15, 0.2) is 16.7 Å². The van der Waals surface area contributed by atoms with Crippen LogP contribution in [0, 0.1) is 0 Å². The lowest BCUT2D eigenvalue weighted by Crippen LogP contribution is -2.30. The number of nitrogens with zero attached hydrogens (tertiary/aromatic N) is 1. The first-order valence-electron chi connectivity index (χ1n) is 5.93. The fraction of sp³-hybridized carbons (Fsp3) is 0.500. The Balaban J connectivity index is 2.47. The molecule has 0 aliphatic heterocycles. The number of carbonyl (C=O) groups is 2. The maximum Gasteiger partial charge on any atom is 0.268 e. The van der Waals surface area contributed by atoms with Gasteiger partial charge in [-0.25, -0.2) is 0 Å². The van der Waals surface area contributed by atoms with E-state index in [-0.39, 0.29) is 25.2 Å². The predicted molar refractivity (Wildman–Crippen MR) is 74.9 cm³/mol. The van der Waals surface area contributed by atoms with E-state index in [2.05, 4.69) is 21.2 Å². The zero-order valence-corrected chi connectivity index (χ0v) is 12.6. The van der Waals surface area contributed by atoms with E-state index in [1.807, 2.05) is 24.6 Å². The Morgan fingerprint density at radius 3 is 2.79 bits per heavy atom. The van der Waals surface area contributed by atoms with Crippen LogP contribution in [-0.2, 0) is 9.53 Å². The summed E-state index contributed by atoms with van der Waals surface area (Å²) in [4.78, 5) is 22.4. The molecule has 19 heavy (non-hydrogen) atoms. The highest BCUT2D eigenvalue weighted by Crippen LogP contribution is 2.19. The molecule has 3 N–H and O–H groups in total. The first kappa shape index (κ1) is 15.7. The van der Waals surface area contributed by atoms with Gasteiger partial charge in [0, 0.05) is 23.3 Å². The van der Waals surface area contributed by atoms with Gasteiger partial charge in [0.2, 0.25) is 5.91 Å². The second kappa shape index (κ2) is 7.30. The average Bonchev–Trinajstić information content (AvgIpc) is 2.70. The minimum atomic E-state index is -0.524. The molecular weight excluding hydrogens is 314 g/mol. The molecule has 0 radical (unpaired) electrons. The van der Waals surface area contributed by atoms with Gasteiger partial charge in [0.15, 0.2) is 0 Å². The van der Waals surface area contributed by atoms with Crippen molar-refractivity contribution in [3.63, 3.8) is 0 Å². The highest BCUT2D eigenvalue weighted by Gasteiger charge is 2.14. The number of ether oxygens (including phenoxy) is 1. The van der Waals surface area contributed by atoms with Gasteiger partial charge in [0.25, 0.3) is 5.91 Å². The van der Waals surface area contributed by atoms with Gasteiger partial charge < -0.3 is 20.4 Å². The van der Waals surface area contributed by atoms with E-state index in [9.17, 15) is 9.59 Å². The molecule has 0 fully saturated rings. The minimum absolute atomic E-state index is 0.135. The molecule has 0 bridgehead atoms. The molecule has 106 valence electrons. The van der Waals surface area contributed by atoms with Gasteiger partial charge in [-0.15, -0.1) is 0 Å². The van der Waals surface area contributed by atoms with Gasteiger partial charge >= 0.3 is 0 Å². The van der Waals surface area contributed by atoms with Crippen molar-refractivity contribution >= 4 is 27.7 Å². The highest BCUT2D eigenvalue weighted by molar-refractivity contribution is 9.10. The number of rotatable bonds is 7. The number of hydrogen-bond donors (Lipinski definition) is 2. The summed E-state index contributed by atoms with van der Waals surface area (Å²) >= 11 is 3.35. The maximum absolute atomic E-state index is 12.0. The maximum atomic E-state index is 12.0. The van der Waals surface area contributed by atoms with Gasteiger partial charge in [-0.2, -0.15) is 0 Å². The first-order chi connectivity index (χ1) is 8.91. The van der Waals surface area contributed by atoms with E-state index in [0.29, 0.717) is 12.2 Å². The average molecular weight is 332 g/mol. The van der Waals surface area contributed by atoms with Gasteiger partial charge in [-0.1, -0.05) is 0 Å². The van der Waals surface area contributed by atoms with Gasteiger partial charge in [0.05, 0.1) is 6.61 Å². The summed E-state index contributed by atoms with van der Waals surface area (Å²) in [5.41, 5.74) is 5.50. The molecule has 0 aliphatic rings. The molecule has 1 aromatic rings. The number of amides is 2. The van der Waals surface area contributed by atoms with Crippen LogP contribution in [0.3, 0.4) is 0 Å². The van der Waals surface area contributed by atoms with Crippen LogP contribution in [-0.4, -0.2) is 36.1 Å². The van der Waals surface area contributed by atoms with E-state index in [1.165, 1.54) is 0 Å². The van der Waals surface area contributed by atoms with Crippen molar-refractivity contribution in [1.29, 1.82) is 0 Å². The molecule has 0 saturated carbocycles. The number of carbonyl (C=O) groups excluding carboxylic acids is 2. The molecule has 0 aliphatic carbocycles. The molecule has 0 saturated heterocycles. The molecule has 0 atom stereocenters. The Labute approximate surface area is 120 Å². The van der Waals surface area contributed by atoms with Crippen LogP contribution >= 0.6 is 15.9 Å². The summed E-state index contributed by atoms with van der Waals surface area (Å²) in [6.45, 7) is 4.44.